The number of esters is 2. The number of carbonyl (C=O) groups excluding carboxylic acids is 5. The molecule has 1 N–H and O–H groups in total. The second-order valence-corrected chi connectivity index (χ2v) is 11.4. The molecule has 0 aromatic heterocycles. The van der Waals surface area contributed by atoms with E-state index in [0.717, 1.165) is 23.1 Å². The summed E-state index contributed by atoms with van der Waals surface area (Å²) in [7, 11) is 3.95. The molecule has 1 heterocycles. The molecule has 1 aliphatic carbocycles. The van der Waals surface area contributed by atoms with Gasteiger partial charge in [0.15, 0.2) is 0 Å². The minimum Gasteiger partial charge on any atom is -0.465 e. The fraction of sp³-hybridized carbons (Fsp3) is 0.452. The van der Waals surface area contributed by atoms with Crippen molar-refractivity contribution in [3.63, 3.8) is 0 Å². The van der Waals surface area contributed by atoms with E-state index in [1.54, 1.807) is 29.2 Å². The Morgan fingerprint density at radius 2 is 1.34 bits per heavy atom. The van der Waals surface area contributed by atoms with Crippen molar-refractivity contribution < 1.29 is 38.2 Å². The Labute approximate surface area is 240 Å². The monoisotopic (exact) mass is 566 g/mol. The van der Waals surface area contributed by atoms with Gasteiger partial charge in [-0.1, -0.05) is 39.8 Å². The molecule has 0 saturated heterocycles. The number of nitrogens with zero attached hydrogens (tertiary/aromatic N) is 1. The summed E-state index contributed by atoms with van der Waals surface area (Å²) in [5.41, 5.74) is 3.82. The lowest BCUT2D eigenvalue weighted by Crippen LogP contribution is -2.49. The molecule has 10 heteroatoms. The molecule has 2 aromatic rings. The van der Waals surface area contributed by atoms with Gasteiger partial charge in [-0.2, -0.15) is 0 Å². The van der Waals surface area contributed by atoms with Crippen LogP contribution in [-0.4, -0.2) is 64.1 Å². The molecule has 0 radical (unpaired) electrons. The number of nitrogens with one attached hydrogen (secondary N) is 1. The summed E-state index contributed by atoms with van der Waals surface area (Å²) in [5, 5.41) is 2.56. The van der Waals surface area contributed by atoms with Crippen molar-refractivity contribution in [1.82, 2.24) is 5.32 Å². The minimum absolute atomic E-state index is 0.0521. The number of ketones is 1. The van der Waals surface area contributed by atoms with Gasteiger partial charge in [0.1, 0.15) is 5.78 Å². The van der Waals surface area contributed by atoms with E-state index < -0.39 is 17.5 Å². The highest BCUT2D eigenvalue weighted by atomic mass is 16.5. The van der Waals surface area contributed by atoms with Crippen LogP contribution in [-0.2, 0) is 43.1 Å². The molecule has 4 rings (SSSR count). The molecule has 41 heavy (non-hydrogen) atoms. The number of hydrogen-bond acceptors (Lipinski definition) is 8. The van der Waals surface area contributed by atoms with Gasteiger partial charge in [-0.25, -0.2) is 14.4 Å². The lowest BCUT2D eigenvalue weighted by atomic mass is 9.73. The summed E-state index contributed by atoms with van der Waals surface area (Å²) in [4.78, 5) is 60.6. The van der Waals surface area contributed by atoms with Crippen LogP contribution in [0.1, 0.15) is 65.1 Å². The molecule has 10 nitrogen and oxygen atoms in total. The van der Waals surface area contributed by atoms with Crippen molar-refractivity contribution in [2.45, 2.75) is 47.0 Å². The molecular formula is C31H38N2O8. The zero-order valence-electron chi connectivity index (χ0n) is 24.7. The van der Waals surface area contributed by atoms with Crippen LogP contribution in [0.15, 0.2) is 36.4 Å². The Kier molecular flexibility index (Phi) is 9.57. The fourth-order valence-electron chi connectivity index (χ4n) is 4.99. The number of benzene rings is 2. The number of alkyl carbamates (subject to hydrolysis) is 1. The number of anilines is 1. The van der Waals surface area contributed by atoms with E-state index in [1.165, 1.54) is 21.3 Å². The second kappa shape index (κ2) is 12.5. The predicted molar refractivity (Wildman–Crippen MR) is 152 cm³/mol. The van der Waals surface area contributed by atoms with Crippen molar-refractivity contribution in [3.8, 4) is 0 Å². The van der Waals surface area contributed by atoms with Gasteiger partial charge in [0.25, 0.3) is 0 Å². The third-order valence-electron chi connectivity index (χ3n) is 7.41. The Morgan fingerprint density at radius 1 is 0.780 bits per heavy atom. The predicted octanol–water partition coefficient (Wildman–Crippen LogP) is 3.91. The quantitative estimate of drug-likeness (QED) is 0.426. The van der Waals surface area contributed by atoms with Crippen LogP contribution in [0.25, 0.3) is 0 Å². The first kappa shape index (κ1) is 31.3. The van der Waals surface area contributed by atoms with Crippen LogP contribution < -0.4 is 10.2 Å². The first-order chi connectivity index (χ1) is 19.2. The Bertz CT molecular complexity index is 1360. The van der Waals surface area contributed by atoms with E-state index in [-0.39, 0.29) is 36.2 Å². The zero-order chi connectivity index (χ0) is 30.5. The number of carbonyl (C=O) groups is 5. The number of Topliss-reactive ketones (excluding diaryl/α,β-unsaturated/α-hetero) is 1. The van der Waals surface area contributed by atoms with E-state index in [0.29, 0.717) is 29.7 Å². The lowest BCUT2D eigenvalue weighted by Gasteiger charge is -2.38. The molecule has 0 fully saturated rings. The molecular weight excluding hydrogens is 528 g/mol. The van der Waals surface area contributed by atoms with Crippen molar-refractivity contribution in [3.05, 3.63) is 64.2 Å². The van der Waals surface area contributed by atoms with Gasteiger partial charge >= 0.3 is 18.0 Å². The maximum Gasteiger partial charge on any atom is 0.406 e. The van der Waals surface area contributed by atoms with Crippen molar-refractivity contribution in [1.29, 1.82) is 0 Å². The van der Waals surface area contributed by atoms with Crippen LogP contribution in [0, 0.1) is 10.8 Å². The standard InChI is InChI=1S/C17H22N2O5.C14H16O3/c1-17(2)10-12-6-5-11(14(20)23-3)9-13(12)19(15(17)21)8-7-18-16(22)24-4;1-14(2)8-10-5-4-9(13(16)17-3)6-11(10)7-12(14)15/h5-6,9H,7-8,10H2,1-4H3,(H,18,22);4-6H,7-8H2,1-3H3. The SMILES string of the molecule is COC(=O)NCCN1C(=O)C(C)(C)Cc2ccc(C(=O)OC)cc21.COC(=O)c1ccc2c(c1)CC(=O)C(C)(C)C2. The minimum atomic E-state index is -0.553. The summed E-state index contributed by atoms with van der Waals surface area (Å²) in [6, 6.07) is 10.7. The average molecular weight is 567 g/mol. The van der Waals surface area contributed by atoms with Crippen LogP contribution in [0.3, 0.4) is 0 Å². The van der Waals surface area contributed by atoms with E-state index >= 15 is 0 Å². The summed E-state index contributed by atoms with van der Waals surface area (Å²) in [6.07, 6.45) is 1.18. The topological polar surface area (TPSA) is 128 Å². The van der Waals surface area contributed by atoms with Gasteiger partial charge in [-0.3, -0.25) is 9.59 Å². The summed E-state index contributed by atoms with van der Waals surface area (Å²) < 4.78 is 13.9. The zero-order valence-corrected chi connectivity index (χ0v) is 24.7. The Balaban J connectivity index is 0.000000239. The Hall–Kier alpha value is -4.21. The van der Waals surface area contributed by atoms with Crippen molar-refractivity contribution in [2.75, 3.05) is 39.3 Å². The maximum absolute atomic E-state index is 12.8. The van der Waals surface area contributed by atoms with Crippen molar-refractivity contribution in [2.24, 2.45) is 10.8 Å². The van der Waals surface area contributed by atoms with E-state index in [4.69, 9.17) is 4.74 Å². The van der Waals surface area contributed by atoms with E-state index in [9.17, 15) is 24.0 Å². The highest BCUT2D eigenvalue weighted by Gasteiger charge is 2.39. The first-order valence-electron chi connectivity index (χ1n) is 13.3. The van der Waals surface area contributed by atoms with Crippen LogP contribution >= 0.6 is 0 Å². The molecule has 0 unspecified atom stereocenters. The molecule has 0 saturated carbocycles. The van der Waals surface area contributed by atoms with Crippen molar-refractivity contribution >= 4 is 35.4 Å². The summed E-state index contributed by atoms with van der Waals surface area (Å²) in [5.74, 6) is -0.636. The van der Waals surface area contributed by atoms with Gasteiger partial charge in [0, 0.05) is 36.0 Å². The van der Waals surface area contributed by atoms with E-state index in [1.807, 2.05) is 39.8 Å². The third-order valence-corrected chi connectivity index (χ3v) is 7.41. The number of ether oxygens (including phenoxy) is 3. The van der Waals surface area contributed by atoms with E-state index in [2.05, 4.69) is 14.8 Å². The van der Waals surface area contributed by atoms with Crippen LogP contribution in [0.4, 0.5) is 10.5 Å². The van der Waals surface area contributed by atoms with Gasteiger partial charge in [-0.15, -0.1) is 0 Å². The molecule has 2 amide bonds. The van der Waals surface area contributed by atoms with Gasteiger partial charge in [0.05, 0.1) is 32.5 Å². The average Bonchev–Trinajstić information content (AvgIpc) is 2.94. The summed E-state index contributed by atoms with van der Waals surface area (Å²) in [6.45, 7) is 8.23. The highest BCUT2D eigenvalue weighted by Crippen LogP contribution is 2.38. The second-order valence-electron chi connectivity index (χ2n) is 11.4. The molecule has 0 atom stereocenters. The molecule has 2 aliphatic rings. The summed E-state index contributed by atoms with van der Waals surface area (Å²) >= 11 is 0. The molecule has 2 aromatic carbocycles. The highest BCUT2D eigenvalue weighted by molar-refractivity contribution is 6.02. The fourth-order valence-corrected chi connectivity index (χ4v) is 4.99. The van der Waals surface area contributed by atoms with Crippen LogP contribution in [0.5, 0.6) is 0 Å². The van der Waals surface area contributed by atoms with Crippen LogP contribution in [0.2, 0.25) is 0 Å². The maximum atomic E-state index is 12.8. The molecule has 0 bridgehead atoms. The molecule has 1 aliphatic heterocycles. The number of methoxy groups -OCH3 is 3. The van der Waals surface area contributed by atoms with Gasteiger partial charge in [0.2, 0.25) is 5.91 Å². The lowest BCUT2D eigenvalue weighted by molar-refractivity contribution is -0.127. The Morgan fingerprint density at radius 3 is 1.93 bits per heavy atom. The number of hydrogen-bond donors (Lipinski definition) is 1. The third kappa shape index (κ3) is 7.11. The largest absolute Gasteiger partial charge is 0.465 e. The number of fused-ring (bicyclic) bond motifs is 2. The first-order valence-corrected chi connectivity index (χ1v) is 13.3. The smallest absolute Gasteiger partial charge is 0.406 e. The number of amides is 2. The number of rotatable bonds is 5. The molecule has 220 valence electrons. The molecule has 0 spiro atoms. The van der Waals surface area contributed by atoms with Gasteiger partial charge < -0.3 is 24.4 Å². The normalized spacial score (nSPS) is 16.3. The van der Waals surface area contributed by atoms with Gasteiger partial charge in [-0.05, 0) is 53.8 Å².